The van der Waals surface area contributed by atoms with Gasteiger partial charge in [0, 0.05) is 19.3 Å². The molecule has 388 valence electrons. The molecule has 0 aliphatic heterocycles. The van der Waals surface area contributed by atoms with Gasteiger partial charge < -0.3 is 14.2 Å². The van der Waals surface area contributed by atoms with Gasteiger partial charge in [-0.3, -0.25) is 14.4 Å². The van der Waals surface area contributed by atoms with Gasteiger partial charge in [0.05, 0.1) is 0 Å². The van der Waals surface area contributed by atoms with Crippen LogP contribution >= 0.6 is 0 Å². The van der Waals surface area contributed by atoms with E-state index in [2.05, 4.69) is 93.7 Å². The molecule has 0 N–H and O–H groups in total. The van der Waals surface area contributed by atoms with E-state index in [1.165, 1.54) is 103 Å². The van der Waals surface area contributed by atoms with Gasteiger partial charge in [-0.05, 0) is 103 Å². The maximum atomic E-state index is 12.8. The third-order valence-electron chi connectivity index (χ3n) is 11.3. The lowest BCUT2D eigenvalue weighted by molar-refractivity contribution is -0.167. The maximum Gasteiger partial charge on any atom is 0.306 e. The Hall–Kier alpha value is -4.45. The number of rotatable bonds is 48. The summed E-state index contributed by atoms with van der Waals surface area (Å²) in [7, 11) is 0. The van der Waals surface area contributed by atoms with Crippen molar-refractivity contribution in [2.24, 2.45) is 0 Å². The van der Waals surface area contributed by atoms with Gasteiger partial charge in [-0.1, -0.05) is 238 Å². The number of esters is 3. The van der Waals surface area contributed by atoms with E-state index in [0.717, 1.165) is 70.6 Å². The van der Waals surface area contributed by atoms with Gasteiger partial charge >= 0.3 is 17.9 Å². The first-order chi connectivity index (χ1) is 34.0. The van der Waals surface area contributed by atoms with Crippen LogP contribution in [-0.4, -0.2) is 37.2 Å². The summed E-state index contributed by atoms with van der Waals surface area (Å²) in [6.07, 6.45) is 78.6. The molecule has 0 aromatic rings. The Morgan fingerprint density at radius 3 is 1.12 bits per heavy atom. The highest BCUT2D eigenvalue weighted by molar-refractivity contribution is 5.71. The molecule has 6 nitrogen and oxygen atoms in total. The number of hydrogen-bond donors (Lipinski definition) is 0. The quantitative estimate of drug-likeness (QED) is 0.0199. The highest BCUT2D eigenvalue weighted by atomic mass is 16.6. The van der Waals surface area contributed by atoms with Crippen molar-refractivity contribution in [1.82, 2.24) is 0 Å². The van der Waals surface area contributed by atoms with Crippen LogP contribution in [-0.2, 0) is 28.6 Å². The van der Waals surface area contributed by atoms with Crippen molar-refractivity contribution in [3.05, 3.63) is 134 Å². The fourth-order valence-corrected chi connectivity index (χ4v) is 7.11. The van der Waals surface area contributed by atoms with Gasteiger partial charge in [0.15, 0.2) is 6.10 Å². The summed E-state index contributed by atoms with van der Waals surface area (Å²) < 4.78 is 16.8. The molecule has 0 radical (unpaired) electrons. The zero-order valence-electron chi connectivity index (χ0n) is 44.3. The Morgan fingerprint density at radius 2 is 0.638 bits per heavy atom. The molecule has 0 amide bonds. The van der Waals surface area contributed by atoms with E-state index in [-0.39, 0.29) is 44.0 Å². The molecule has 0 bridgehead atoms. The van der Waals surface area contributed by atoms with E-state index in [0.29, 0.717) is 19.3 Å². The van der Waals surface area contributed by atoms with Crippen LogP contribution in [0.2, 0.25) is 0 Å². The summed E-state index contributed by atoms with van der Waals surface area (Å²) in [5, 5.41) is 0. The second-order valence-corrected chi connectivity index (χ2v) is 17.9. The number of hydrogen-bond acceptors (Lipinski definition) is 6. The van der Waals surface area contributed by atoms with E-state index in [9.17, 15) is 14.4 Å². The lowest BCUT2D eigenvalue weighted by atomic mass is 10.1. The van der Waals surface area contributed by atoms with E-state index in [1.807, 2.05) is 60.8 Å². The van der Waals surface area contributed by atoms with Crippen molar-refractivity contribution in [2.75, 3.05) is 13.2 Å². The molecule has 0 spiro atoms. The third-order valence-corrected chi connectivity index (χ3v) is 11.3. The molecule has 0 saturated heterocycles. The van der Waals surface area contributed by atoms with Crippen molar-refractivity contribution < 1.29 is 28.6 Å². The molecule has 0 saturated carbocycles. The van der Waals surface area contributed by atoms with Gasteiger partial charge in [-0.25, -0.2) is 0 Å². The van der Waals surface area contributed by atoms with E-state index in [1.54, 1.807) is 0 Å². The number of allylic oxidation sites excluding steroid dienone is 22. The lowest BCUT2D eigenvalue weighted by Gasteiger charge is -2.18. The average molecular weight is 953 g/mol. The molecule has 0 aromatic carbocycles. The first-order valence-corrected chi connectivity index (χ1v) is 27.8. The number of carbonyl (C=O) groups is 3. The van der Waals surface area contributed by atoms with Crippen LogP contribution in [0.1, 0.15) is 226 Å². The second-order valence-electron chi connectivity index (χ2n) is 17.9. The molecule has 1 unspecified atom stereocenters. The Balaban J connectivity index is 4.59. The molecular formula is C63H100O6. The Labute approximate surface area is 424 Å². The van der Waals surface area contributed by atoms with E-state index in [4.69, 9.17) is 14.2 Å². The zero-order valence-corrected chi connectivity index (χ0v) is 44.3. The largest absolute Gasteiger partial charge is 0.462 e. The van der Waals surface area contributed by atoms with Crippen LogP contribution in [0.5, 0.6) is 0 Å². The fraction of sp³-hybridized carbons (Fsp3) is 0.603. The van der Waals surface area contributed by atoms with Crippen molar-refractivity contribution in [2.45, 2.75) is 232 Å². The second kappa shape index (κ2) is 56.1. The maximum absolute atomic E-state index is 12.8. The number of carbonyl (C=O) groups excluding carboxylic acids is 3. The Morgan fingerprint density at radius 1 is 0.319 bits per heavy atom. The predicted molar refractivity (Wildman–Crippen MR) is 297 cm³/mol. The summed E-state index contributed by atoms with van der Waals surface area (Å²) in [5.74, 6) is -1.03. The smallest absolute Gasteiger partial charge is 0.306 e. The van der Waals surface area contributed by atoms with Crippen LogP contribution in [0.25, 0.3) is 0 Å². The van der Waals surface area contributed by atoms with Crippen LogP contribution in [0.15, 0.2) is 134 Å². The molecule has 0 rings (SSSR count). The van der Waals surface area contributed by atoms with E-state index >= 15 is 0 Å². The zero-order chi connectivity index (χ0) is 50.0. The van der Waals surface area contributed by atoms with Gasteiger partial charge in [-0.2, -0.15) is 0 Å². The summed E-state index contributed by atoms with van der Waals surface area (Å²) in [6.45, 7) is 6.36. The summed E-state index contributed by atoms with van der Waals surface area (Å²) >= 11 is 0. The van der Waals surface area contributed by atoms with Gasteiger partial charge in [0.2, 0.25) is 0 Å². The lowest BCUT2D eigenvalue weighted by Crippen LogP contribution is -2.30. The highest BCUT2D eigenvalue weighted by Gasteiger charge is 2.19. The van der Waals surface area contributed by atoms with Crippen LogP contribution in [0.4, 0.5) is 0 Å². The Bertz CT molecular complexity index is 1510. The molecule has 0 heterocycles. The molecule has 0 aromatic heterocycles. The SMILES string of the molecule is CC\C=C/C=C\C=C/C=C\C=C\C=C/CCCCCC(=O)OCC(COC(=O)CCCCCCCCC/C=C\CCCCCCCC)OC(=O)CCC/C=C\C/C=C\C/C=C\C/C=C\CCCCC. The summed E-state index contributed by atoms with van der Waals surface area (Å²) in [5.41, 5.74) is 0. The minimum absolute atomic E-state index is 0.121. The average Bonchev–Trinajstić information content (AvgIpc) is 3.35. The van der Waals surface area contributed by atoms with Crippen LogP contribution in [0, 0.1) is 0 Å². The summed E-state index contributed by atoms with van der Waals surface area (Å²) in [4.78, 5) is 38.1. The number of unbranched alkanes of at least 4 members (excludes halogenated alkanes) is 20. The van der Waals surface area contributed by atoms with Crippen molar-refractivity contribution >= 4 is 17.9 Å². The van der Waals surface area contributed by atoms with Gasteiger partial charge in [0.1, 0.15) is 13.2 Å². The predicted octanol–water partition coefficient (Wildman–Crippen LogP) is 18.6. The first kappa shape index (κ1) is 64.5. The van der Waals surface area contributed by atoms with Gasteiger partial charge in [-0.15, -0.1) is 0 Å². The minimum Gasteiger partial charge on any atom is -0.462 e. The highest BCUT2D eigenvalue weighted by Crippen LogP contribution is 2.13. The van der Waals surface area contributed by atoms with Gasteiger partial charge in [0.25, 0.3) is 0 Å². The molecular weight excluding hydrogens is 853 g/mol. The molecule has 0 aliphatic carbocycles. The Kier molecular flexibility index (Phi) is 52.5. The first-order valence-electron chi connectivity index (χ1n) is 27.8. The van der Waals surface area contributed by atoms with Crippen LogP contribution in [0.3, 0.4) is 0 Å². The summed E-state index contributed by atoms with van der Waals surface area (Å²) in [6, 6.07) is 0. The molecule has 0 aliphatic rings. The van der Waals surface area contributed by atoms with Crippen molar-refractivity contribution in [3.63, 3.8) is 0 Å². The van der Waals surface area contributed by atoms with Crippen LogP contribution < -0.4 is 0 Å². The van der Waals surface area contributed by atoms with Crippen molar-refractivity contribution in [1.29, 1.82) is 0 Å². The third kappa shape index (κ3) is 54.4. The van der Waals surface area contributed by atoms with E-state index < -0.39 is 6.10 Å². The minimum atomic E-state index is -0.832. The molecule has 1 atom stereocenters. The van der Waals surface area contributed by atoms with Crippen molar-refractivity contribution in [3.8, 4) is 0 Å². The monoisotopic (exact) mass is 953 g/mol. The standard InChI is InChI=1S/C63H100O6/c1-4-7-10-13-16-19-22-25-28-31-34-37-40-43-46-49-52-55-61(64)67-58-60(69-63(66)57-54-51-48-45-42-39-36-33-30-27-24-21-18-15-12-9-6-3)59-68-62(65)56-53-50-47-44-41-38-35-32-29-26-23-20-17-14-11-8-5-2/h7,10,13,16,18-19,21-22,25-31,34,36-37,39-40,45,48,60H,4-6,8-9,11-12,14-15,17,20,23-24,32-33,35,38,41-44,46-47,49-59H2,1-3H3/b10-7-,16-13-,21-18-,22-19-,28-25-,29-26-,30-27-,34-31+,39-36-,40-37-,48-45-. The fourth-order valence-electron chi connectivity index (χ4n) is 7.11. The molecule has 6 heteroatoms. The molecule has 0 fully saturated rings. The normalized spacial score (nSPS) is 13.1. The topological polar surface area (TPSA) is 78.9 Å². The molecule has 69 heavy (non-hydrogen) atoms. The number of ether oxygens (including phenoxy) is 3.